The van der Waals surface area contributed by atoms with Crippen molar-refractivity contribution in [2.45, 2.75) is 0 Å². The summed E-state index contributed by atoms with van der Waals surface area (Å²) in [5.74, 6) is 0.456. The molecule has 2 aromatic carbocycles. The molecule has 0 unspecified atom stereocenters. The van der Waals surface area contributed by atoms with Crippen LogP contribution in [-0.2, 0) is 0 Å². The minimum absolute atomic E-state index is 0.186. The number of nitrogens with zero attached hydrogens (tertiary/aromatic N) is 1. The van der Waals surface area contributed by atoms with Crippen LogP contribution in [0, 0.1) is 0 Å². The van der Waals surface area contributed by atoms with Gasteiger partial charge in [0.2, 0.25) is 0 Å². The lowest BCUT2D eigenvalue weighted by molar-refractivity contribution is 0.0997. The van der Waals surface area contributed by atoms with Crippen molar-refractivity contribution in [2.75, 3.05) is 7.11 Å². The van der Waals surface area contributed by atoms with Gasteiger partial charge in [-0.25, -0.2) is 4.98 Å². The number of imidazole rings is 1. The quantitative estimate of drug-likeness (QED) is 0.731. The van der Waals surface area contributed by atoms with Crippen molar-refractivity contribution in [3.8, 4) is 28.4 Å². The number of carbonyl (C=O) groups is 1. The van der Waals surface area contributed by atoms with Gasteiger partial charge in [-0.1, -0.05) is 29.3 Å². The minimum Gasteiger partial charge on any atom is -0.497 e. The standard InChI is InChI=1S/C17H13Cl2N3O2/c1-24-10-7-5-9(6-8-10)14-15(16(20)23)22-17(21-14)13-11(18)3-2-4-12(13)19/h2-8H,1H3,(H2,20,23)(H,21,22). The number of hydrogen-bond acceptors (Lipinski definition) is 3. The molecule has 1 amide bonds. The second-order valence-electron chi connectivity index (χ2n) is 5.00. The van der Waals surface area contributed by atoms with Gasteiger partial charge in [-0.15, -0.1) is 0 Å². The number of ether oxygens (including phenoxy) is 1. The van der Waals surface area contributed by atoms with Gasteiger partial charge in [0.05, 0.1) is 22.7 Å². The van der Waals surface area contributed by atoms with E-state index in [2.05, 4.69) is 9.97 Å². The van der Waals surface area contributed by atoms with Crippen LogP contribution in [0.3, 0.4) is 0 Å². The van der Waals surface area contributed by atoms with E-state index in [0.29, 0.717) is 32.9 Å². The molecule has 0 aliphatic heterocycles. The Bertz CT molecular complexity index is 884. The average Bonchev–Trinajstić information content (AvgIpc) is 3.00. The molecule has 0 spiro atoms. The molecule has 1 heterocycles. The third-order valence-corrected chi connectivity index (χ3v) is 4.14. The molecule has 3 rings (SSSR count). The largest absolute Gasteiger partial charge is 0.497 e. The molecule has 24 heavy (non-hydrogen) atoms. The van der Waals surface area contributed by atoms with Crippen molar-refractivity contribution in [1.29, 1.82) is 0 Å². The summed E-state index contributed by atoms with van der Waals surface area (Å²) in [5, 5.41) is 0.849. The van der Waals surface area contributed by atoms with E-state index in [4.69, 9.17) is 33.7 Å². The Balaban J connectivity index is 2.16. The summed E-state index contributed by atoms with van der Waals surface area (Å²) < 4.78 is 5.13. The lowest BCUT2D eigenvalue weighted by Crippen LogP contribution is -2.12. The fraction of sp³-hybridized carbons (Fsp3) is 0.0588. The number of H-pyrrole nitrogens is 1. The zero-order valence-corrected chi connectivity index (χ0v) is 14.2. The average molecular weight is 362 g/mol. The van der Waals surface area contributed by atoms with E-state index >= 15 is 0 Å². The predicted molar refractivity (Wildman–Crippen MR) is 94.5 cm³/mol. The Labute approximate surface area is 148 Å². The van der Waals surface area contributed by atoms with Gasteiger partial charge in [0.25, 0.3) is 5.91 Å². The summed E-state index contributed by atoms with van der Waals surface area (Å²) in [4.78, 5) is 19.2. The topological polar surface area (TPSA) is 81.0 Å². The second-order valence-corrected chi connectivity index (χ2v) is 5.81. The number of aromatic nitrogens is 2. The molecular formula is C17H13Cl2N3O2. The van der Waals surface area contributed by atoms with Crippen LogP contribution in [0.4, 0.5) is 0 Å². The van der Waals surface area contributed by atoms with Crippen molar-refractivity contribution in [3.05, 3.63) is 58.2 Å². The van der Waals surface area contributed by atoms with Crippen LogP contribution in [0.2, 0.25) is 10.0 Å². The SMILES string of the molecule is COc1ccc(-c2nc(-c3c(Cl)cccc3Cl)[nH]c2C(N)=O)cc1. The van der Waals surface area contributed by atoms with Crippen LogP contribution in [0.1, 0.15) is 10.5 Å². The molecule has 0 aliphatic carbocycles. The molecule has 3 aromatic rings. The van der Waals surface area contributed by atoms with Gasteiger partial charge < -0.3 is 15.5 Å². The Hall–Kier alpha value is -2.50. The maximum absolute atomic E-state index is 11.8. The Morgan fingerprint density at radius 3 is 2.29 bits per heavy atom. The summed E-state index contributed by atoms with van der Waals surface area (Å²) in [5.41, 5.74) is 7.32. The minimum atomic E-state index is -0.622. The number of rotatable bonds is 4. The summed E-state index contributed by atoms with van der Waals surface area (Å²) in [6.07, 6.45) is 0. The second kappa shape index (κ2) is 6.55. The molecule has 0 saturated carbocycles. The third kappa shape index (κ3) is 2.96. The number of primary amides is 1. The number of nitrogens with one attached hydrogen (secondary N) is 1. The molecule has 3 N–H and O–H groups in total. The maximum atomic E-state index is 11.8. The first-order chi connectivity index (χ1) is 11.5. The van der Waals surface area contributed by atoms with Crippen molar-refractivity contribution < 1.29 is 9.53 Å². The highest BCUT2D eigenvalue weighted by atomic mass is 35.5. The zero-order chi connectivity index (χ0) is 17.3. The zero-order valence-electron chi connectivity index (χ0n) is 12.6. The number of hydrogen-bond donors (Lipinski definition) is 2. The predicted octanol–water partition coefficient (Wildman–Crippen LogP) is 4.16. The van der Waals surface area contributed by atoms with Gasteiger partial charge in [0.15, 0.2) is 0 Å². The first kappa shape index (κ1) is 16.4. The summed E-state index contributed by atoms with van der Waals surface area (Å²) in [6.45, 7) is 0. The number of carbonyl (C=O) groups excluding carboxylic acids is 1. The molecule has 1 aromatic heterocycles. The van der Waals surface area contributed by atoms with E-state index in [1.807, 2.05) is 0 Å². The fourth-order valence-corrected chi connectivity index (χ4v) is 2.93. The smallest absolute Gasteiger partial charge is 0.267 e. The van der Waals surface area contributed by atoms with Crippen LogP contribution in [0.15, 0.2) is 42.5 Å². The third-order valence-electron chi connectivity index (χ3n) is 3.51. The van der Waals surface area contributed by atoms with Gasteiger partial charge in [-0.3, -0.25) is 4.79 Å². The molecule has 0 fully saturated rings. The van der Waals surface area contributed by atoms with Gasteiger partial charge in [-0.2, -0.15) is 0 Å². The molecule has 5 nitrogen and oxygen atoms in total. The molecule has 0 atom stereocenters. The van der Waals surface area contributed by atoms with Gasteiger partial charge in [-0.05, 0) is 36.4 Å². The van der Waals surface area contributed by atoms with Crippen LogP contribution >= 0.6 is 23.2 Å². The highest BCUT2D eigenvalue weighted by Gasteiger charge is 2.20. The van der Waals surface area contributed by atoms with E-state index in [1.54, 1.807) is 49.6 Å². The molecule has 0 bridgehead atoms. The summed E-state index contributed by atoms with van der Waals surface area (Å²) in [6, 6.07) is 12.3. The van der Waals surface area contributed by atoms with Crippen molar-refractivity contribution in [3.63, 3.8) is 0 Å². The van der Waals surface area contributed by atoms with E-state index in [1.165, 1.54) is 0 Å². The first-order valence-corrected chi connectivity index (χ1v) is 7.75. The molecule has 7 heteroatoms. The number of aromatic amines is 1. The van der Waals surface area contributed by atoms with E-state index in [9.17, 15) is 4.79 Å². The van der Waals surface area contributed by atoms with Crippen LogP contribution in [0.25, 0.3) is 22.6 Å². The van der Waals surface area contributed by atoms with Crippen LogP contribution in [0.5, 0.6) is 5.75 Å². The van der Waals surface area contributed by atoms with Gasteiger partial charge in [0.1, 0.15) is 23.0 Å². The van der Waals surface area contributed by atoms with E-state index in [-0.39, 0.29) is 5.69 Å². The fourth-order valence-electron chi connectivity index (χ4n) is 2.35. The first-order valence-electron chi connectivity index (χ1n) is 7.00. The normalized spacial score (nSPS) is 10.6. The Morgan fingerprint density at radius 1 is 1.12 bits per heavy atom. The lowest BCUT2D eigenvalue weighted by atomic mass is 10.1. The summed E-state index contributed by atoms with van der Waals surface area (Å²) >= 11 is 12.4. The number of nitrogens with two attached hydrogens (primary N) is 1. The lowest BCUT2D eigenvalue weighted by Gasteiger charge is -2.03. The number of benzene rings is 2. The molecule has 0 aliphatic rings. The monoisotopic (exact) mass is 361 g/mol. The number of methoxy groups -OCH3 is 1. The highest BCUT2D eigenvalue weighted by Crippen LogP contribution is 2.35. The molecular weight excluding hydrogens is 349 g/mol. The van der Waals surface area contributed by atoms with E-state index < -0.39 is 5.91 Å². The molecule has 0 saturated heterocycles. The van der Waals surface area contributed by atoms with Crippen molar-refractivity contribution >= 4 is 29.1 Å². The maximum Gasteiger partial charge on any atom is 0.267 e. The number of amides is 1. The highest BCUT2D eigenvalue weighted by molar-refractivity contribution is 6.39. The van der Waals surface area contributed by atoms with Crippen molar-refractivity contribution in [2.24, 2.45) is 5.73 Å². The van der Waals surface area contributed by atoms with E-state index in [0.717, 1.165) is 5.56 Å². The molecule has 122 valence electrons. The summed E-state index contributed by atoms with van der Waals surface area (Å²) in [7, 11) is 1.58. The van der Waals surface area contributed by atoms with Gasteiger partial charge in [0, 0.05) is 5.56 Å². The van der Waals surface area contributed by atoms with Crippen LogP contribution < -0.4 is 10.5 Å². The number of halogens is 2. The van der Waals surface area contributed by atoms with Crippen LogP contribution in [-0.4, -0.2) is 23.0 Å². The Kier molecular flexibility index (Phi) is 4.46. The molecule has 0 radical (unpaired) electrons. The Morgan fingerprint density at radius 2 is 1.75 bits per heavy atom. The van der Waals surface area contributed by atoms with Crippen molar-refractivity contribution in [1.82, 2.24) is 9.97 Å². The van der Waals surface area contributed by atoms with Gasteiger partial charge >= 0.3 is 0 Å².